The molecular weight excluding hydrogens is 390 g/mol. The Morgan fingerprint density at radius 1 is 1.14 bits per heavy atom. The minimum Gasteiger partial charge on any atom is -0.353 e. The van der Waals surface area contributed by atoms with Crippen LogP contribution in [0.3, 0.4) is 0 Å². The lowest BCUT2D eigenvalue weighted by Gasteiger charge is -2.35. The number of hydrogen-bond donors (Lipinski definition) is 0. The van der Waals surface area contributed by atoms with Crippen LogP contribution in [-0.2, 0) is 0 Å². The van der Waals surface area contributed by atoms with Crippen molar-refractivity contribution in [2.45, 2.75) is 19.8 Å². The van der Waals surface area contributed by atoms with E-state index in [4.69, 9.17) is 16.1 Å². The zero-order chi connectivity index (χ0) is 20.4. The molecule has 0 N–H and O–H groups in total. The Kier molecular flexibility index (Phi) is 5.49. The molecule has 0 aliphatic carbocycles. The lowest BCUT2D eigenvalue weighted by atomic mass is 10.2. The number of piperazine rings is 1. The topological polar surface area (TPSA) is 75.4 Å². The first-order valence-electron chi connectivity index (χ1n) is 9.61. The highest BCUT2D eigenvalue weighted by atomic mass is 35.5. The number of nitrogens with zero attached hydrogens (tertiary/aromatic N) is 5. The Balaban J connectivity index is 1.39. The molecule has 7 nitrogen and oxygen atoms in total. The molecule has 1 aliphatic heterocycles. The van der Waals surface area contributed by atoms with Crippen LogP contribution in [0.5, 0.6) is 0 Å². The molecule has 1 aliphatic rings. The second kappa shape index (κ2) is 8.21. The number of amides is 1. The molecule has 3 aromatic rings. The number of anilines is 1. The van der Waals surface area contributed by atoms with Gasteiger partial charge in [-0.25, -0.2) is 4.98 Å². The van der Waals surface area contributed by atoms with Gasteiger partial charge in [0.25, 0.3) is 5.91 Å². The van der Waals surface area contributed by atoms with Crippen LogP contribution in [0, 0.1) is 0 Å². The molecule has 3 heterocycles. The number of rotatable bonds is 4. The van der Waals surface area contributed by atoms with E-state index in [1.807, 2.05) is 30.9 Å². The predicted molar refractivity (Wildman–Crippen MR) is 111 cm³/mol. The quantitative estimate of drug-likeness (QED) is 0.648. The molecule has 29 heavy (non-hydrogen) atoms. The maximum absolute atomic E-state index is 12.7. The summed E-state index contributed by atoms with van der Waals surface area (Å²) in [5.74, 6) is 2.23. The van der Waals surface area contributed by atoms with Crippen molar-refractivity contribution < 1.29 is 9.32 Å². The van der Waals surface area contributed by atoms with E-state index >= 15 is 0 Å². The minimum atomic E-state index is 0.00789. The molecule has 2 aromatic heterocycles. The minimum absolute atomic E-state index is 0.00789. The maximum atomic E-state index is 12.7. The molecule has 1 fully saturated rings. The summed E-state index contributed by atoms with van der Waals surface area (Å²) in [6, 6.07) is 11.0. The molecule has 0 bridgehead atoms. The van der Waals surface area contributed by atoms with E-state index < -0.39 is 0 Å². The lowest BCUT2D eigenvalue weighted by Crippen LogP contribution is -2.49. The third-order valence-electron chi connectivity index (χ3n) is 4.90. The van der Waals surface area contributed by atoms with Gasteiger partial charge in [-0.1, -0.05) is 36.7 Å². The average molecular weight is 412 g/mol. The van der Waals surface area contributed by atoms with Crippen molar-refractivity contribution in [1.29, 1.82) is 0 Å². The summed E-state index contributed by atoms with van der Waals surface area (Å²) in [5.41, 5.74) is 1.44. The van der Waals surface area contributed by atoms with Crippen LogP contribution < -0.4 is 4.90 Å². The fourth-order valence-electron chi connectivity index (χ4n) is 3.24. The Labute approximate surface area is 174 Å². The van der Waals surface area contributed by atoms with Crippen LogP contribution in [0.25, 0.3) is 11.4 Å². The average Bonchev–Trinajstić information content (AvgIpc) is 3.24. The van der Waals surface area contributed by atoms with Gasteiger partial charge in [-0.3, -0.25) is 4.79 Å². The maximum Gasteiger partial charge on any atom is 0.254 e. The number of carbonyl (C=O) groups is 1. The van der Waals surface area contributed by atoms with Gasteiger partial charge in [0.15, 0.2) is 0 Å². The zero-order valence-corrected chi connectivity index (χ0v) is 17.1. The number of hydrogen-bond acceptors (Lipinski definition) is 6. The van der Waals surface area contributed by atoms with Crippen LogP contribution in [0.2, 0.25) is 5.02 Å². The first-order chi connectivity index (χ1) is 14.0. The Hall–Kier alpha value is -2.93. The molecule has 8 heteroatoms. The number of halogens is 1. The summed E-state index contributed by atoms with van der Waals surface area (Å²) in [7, 11) is 0. The van der Waals surface area contributed by atoms with Crippen LogP contribution in [0.4, 0.5) is 5.82 Å². The van der Waals surface area contributed by atoms with Gasteiger partial charge in [0.05, 0.1) is 0 Å². The summed E-state index contributed by atoms with van der Waals surface area (Å²) in [5, 5.41) is 4.59. The van der Waals surface area contributed by atoms with Gasteiger partial charge in [-0.2, -0.15) is 4.98 Å². The first-order valence-corrected chi connectivity index (χ1v) is 9.99. The molecule has 150 valence electrons. The van der Waals surface area contributed by atoms with Crippen molar-refractivity contribution in [3.8, 4) is 11.4 Å². The second-order valence-corrected chi connectivity index (χ2v) is 7.74. The predicted octanol–water partition coefficient (Wildman–Crippen LogP) is 3.87. The zero-order valence-electron chi connectivity index (χ0n) is 16.4. The summed E-state index contributed by atoms with van der Waals surface area (Å²) < 4.78 is 5.26. The highest BCUT2D eigenvalue weighted by molar-refractivity contribution is 6.30. The van der Waals surface area contributed by atoms with E-state index in [1.165, 1.54) is 0 Å². The molecule has 0 radical (unpaired) electrons. The number of benzene rings is 1. The van der Waals surface area contributed by atoms with Gasteiger partial charge in [-0.05, 0) is 30.3 Å². The van der Waals surface area contributed by atoms with Crippen molar-refractivity contribution in [2.75, 3.05) is 31.1 Å². The molecule has 1 aromatic carbocycles. The molecular formula is C21H22ClN5O2. The SMILES string of the molecule is CC(C)c1nc(-c2ccc(N3CCN(C(=O)c4cccc(Cl)c4)CC3)nc2)no1. The molecule has 4 rings (SSSR count). The number of carbonyl (C=O) groups excluding carboxylic acids is 1. The summed E-state index contributed by atoms with van der Waals surface area (Å²) in [6.45, 7) is 6.73. The van der Waals surface area contributed by atoms with Crippen LogP contribution in [-0.4, -0.2) is 52.1 Å². The van der Waals surface area contributed by atoms with Crippen molar-refractivity contribution in [2.24, 2.45) is 0 Å². The van der Waals surface area contributed by atoms with E-state index in [2.05, 4.69) is 20.0 Å². The van der Waals surface area contributed by atoms with Crippen LogP contribution in [0.15, 0.2) is 47.1 Å². The van der Waals surface area contributed by atoms with Gasteiger partial charge >= 0.3 is 0 Å². The van der Waals surface area contributed by atoms with Crippen LogP contribution >= 0.6 is 11.6 Å². The van der Waals surface area contributed by atoms with Gasteiger partial charge < -0.3 is 14.3 Å². The van der Waals surface area contributed by atoms with E-state index in [-0.39, 0.29) is 11.8 Å². The fraction of sp³-hybridized carbons (Fsp3) is 0.333. The third kappa shape index (κ3) is 4.24. The normalized spacial score (nSPS) is 14.5. The summed E-state index contributed by atoms with van der Waals surface area (Å²) >= 11 is 6.00. The summed E-state index contributed by atoms with van der Waals surface area (Å²) in [4.78, 5) is 25.6. The summed E-state index contributed by atoms with van der Waals surface area (Å²) in [6.07, 6.45) is 1.76. The molecule has 0 unspecified atom stereocenters. The van der Waals surface area contributed by atoms with E-state index in [9.17, 15) is 4.79 Å². The van der Waals surface area contributed by atoms with Crippen molar-refractivity contribution >= 4 is 23.3 Å². The smallest absolute Gasteiger partial charge is 0.254 e. The molecule has 1 amide bonds. The van der Waals surface area contributed by atoms with Gasteiger partial charge in [-0.15, -0.1) is 0 Å². The molecule has 0 spiro atoms. The third-order valence-corrected chi connectivity index (χ3v) is 5.14. The van der Waals surface area contributed by atoms with Crippen molar-refractivity contribution in [1.82, 2.24) is 20.0 Å². The van der Waals surface area contributed by atoms with Gasteiger partial charge in [0, 0.05) is 54.4 Å². The van der Waals surface area contributed by atoms with E-state index in [0.29, 0.717) is 35.4 Å². The first kappa shape index (κ1) is 19.4. The van der Waals surface area contributed by atoms with Gasteiger partial charge in [0.1, 0.15) is 5.82 Å². The van der Waals surface area contributed by atoms with E-state index in [1.54, 1.807) is 30.5 Å². The molecule has 1 saturated heterocycles. The lowest BCUT2D eigenvalue weighted by molar-refractivity contribution is 0.0746. The van der Waals surface area contributed by atoms with E-state index in [0.717, 1.165) is 24.5 Å². The van der Waals surface area contributed by atoms with Crippen LogP contribution in [0.1, 0.15) is 36.0 Å². The molecule has 0 saturated carbocycles. The monoisotopic (exact) mass is 411 g/mol. The fourth-order valence-corrected chi connectivity index (χ4v) is 3.43. The van der Waals surface area contributed by atoms with Gasteiger partial charge in [0.2, 0.25) is 11.7 Å². The largest absolute Gasteiger partial charge is 0.353 e. The Bertz CT molecular complexity index is 994. The Morgan fingerprint density at radius 3 is 2.55 bits per heavy atom. The number of aromatic nitrogens is 3. The van der Waals surface area contributed by atoms with Crippen molar-refractivity contribution in [3.63, 3.8) is 0 Å². The van der Waals surface area contributed by atoms with Crippen molar-refractivity contribution in [3.05, 3.63) is 59.1 Å². The highest BCUT2D eigenvalue weighted by Gasteiger charge is 2.23. The standard InChI is InChI=1S/C21H22ClN5O2/c1-14(2)20-24-19(25-29-20)16-6-7-18(23-13-16)26-8-10-27(11-9-26)21(28)15-4-3-5-17(22)12-15/h3-7,12-14H,8-11H2,1-2H3. The Morgan fingerprint density at radius 2 is 1.93 bits per heavy atom. The molecule has 0 atom stereocenters. The second-order valence-electron chi connectivity index (χ2n) is 7.31. The highest BCUT2D eigenvalue weighted by Crippen LogP contribution is 2.22. The number of pyridine rings is 1.